The molecule has 4 aromatic rings. The number of fused-ring (bicyclic) bond motifs is 4. The van der Waals surface area contributed by atoms with E-state index in [4.69, 9.17) is 0 Å². The molecule has 0 aliphatic heterocycles. The van der Waals surface area contributed by atoms with Gasteiger partial charge in [-0.25, -0.2) is 13.2 Å². The highest BCUT2D eigenvalue weighted by Crippen LogP contribution is 2.41. The van der Waals surface area contributed by atoms with Gasteiger partial charge in [-0.3, -0.25) is 9.59 Å². The Kier molecular flexibility index (Phi) is 4.59. The molecule has 2 atom stereocenters. The number of hydrogen-bond donors (Lipinski definition) is 3. The van der Waals surface area contributed by atoms with Crippen LogP contribution in [0, 0.1) is 17.5 Å². The van der Waals surface area contributed by atoms with E-state index in [9.17, 15) is 27.9 Å². The van der Waals surface area contributed by atoms with Gasteiger partial charge in [0, 0.05) is 23.5 Å². The fraction of sp³-hybridized carbons (Fsp3) is 0.217. The van der Waals surface area contributed by atoms with Crippen LogP contribution in [-0.4, -0.2) is 32.9 Å². The van der Waals surface area contributed by atoms with E-state index in [0.29, 0.717) is 22.9 Å². The maximum Gasteiger partial charge on any atom is 0.270 e. The van der Waals surface area contributed by atoms with Gasteiger partial charge in [-0.15, -0.1) is 0 Å². The lowest BCUT2D eigenvalue weighted by Crippen LogP contribution is -2.35. The first-order valence-corrected chi connectivity index (χ1v) is 10.0. The maximum absolute atomic E-state index is 14.1. The molecule has 2 aromatic carbocycles. The number of hydrogen-bond acceptors (Lipinski definition) is 3. The number of H-pyrrole nitrogens is 2. The Hall–Kier alpha value is -3.59. The molecule has 1 aliphatic rings. The molecule has 164 valence electrons. The van der Waals surface area contributed by atoms with Crippen molar-refractivity contribution in [3.05, 3.63) is 81.2 Å². The molecule has 0 unspecified atom stereocenters. The van der Waals surface area contributed by atoms with Gasteiger partial charge in [-0.2, -0.15) is 0 Å². The van der Waals surface area contributed by atoms with Crippen LogP contribution in [0.4, 0.5) is 13.2 Å². The molecule has 0 fully saturated rings. The maximum atomic E-state index is 14.1. The number of amides is 1. The predicted molar refractivity (Wildman–Crippen MR) is 112 cm³/mol. The number of aromatic amines is 2. The first kappa shape index (κ1) is 20.3. The van der Waals surface area contributed by atoms with Crippen LogP contribution in [0.3, 0.4) is 0 Å². The Balaban J connectivity index is 1.64. The average molecular weight is 441 g/mol. The van der Waals surface area contributed by atoms with Crippen molar-refractivity contribution in [2.75, 3.05) is 7.05 Å². The third kappa shape index (κ3) is 3.08. The van der Waals surface area contributed by atoms with Gasteiger partial charge in [-0.1, -0.05) is 0 Å². The highest BCUT2D eigenvalue weighted by Gasteiger charge is 2.34. The summed E-state index contributed by atoms with van der Waals surface area (Å²) in [6, 6.07) is 6.78. The van der Waals surface area contributed by atoms with Crippen LogP contribution in [0.5, 0.6) is 0 Å². The number of benzene rings is 2. The second-order valence-corrected chi connectivity index (χ2v) is 8.03. The van der Waals surface area contributed by atoms with Crippen LogP contribution in [0.2, 0.25) is 0 Å². The minimum atomic E-state index is -1.16. The molecule has 3 N–H and O–H groups in total. The highest BCUT2D eigenvalue weighted by atomic mass is 19.2. The van der Waals surface area contributed by atoms with Gasteiger partial charge in [-0.05, 0) is 54.6 Å². The summed E-state index contributed by atoms with van der Waals surface area (Å²) in [5.74, 6) is -3.12. The standard InChI is InChI=1S/C23H18F3N3O3/c1-29(23(32)17-7-10-6-11(24)2-3-16(10)27-17)18-4-5-19(30)21-20(18)12-8-14(25)15(26)9-13(12)22(31)28-21/h2-3,6-9,18-19,27,30H,4-5H2,1H3,(H,28,31)/t18-,19-/m1/s1. The van der Waals surface area contributed by atoms with Crippen molar-refractivity contribution in [3.63, 3.8) is 0 Å². The number of aliphatic hydroxyl groups excluding tert-OH is 1. The van der Waals surface area contributed by atoms with Crippen LogP contribution < -0.4 is 5.56 Å². The number of carbonyl (C=O) groups excluding carboxylic acids is 1. The minimum Gasteiger partial charge on any atom is -0.387 e. The molecule has 1 amide bonds. The fourth-order valence-electron chi connectivity index (χ4n) is 4.52. The Morgan fingerprint density at radius 1 is 1.03 bits per heavy atom. The van der Waals surface area contributed by atoms with Crippen molar-refractivity contribution in [2.45, 2.75) is 25.0 Å². The van der Waals surface area contributed by atoms with E-state index in [1.807, 2.05) is 0 Å². The number of aliphatic hydroxyl groups is 1. The lowest BCUT2D eigenvalue weighted by Gasteiger charge is -2.35. The first-order chi connectivity index (χ1) is 15.2. The summed E-state index contributed by atoms with van der Waals surface area (Å²) in [5.41, 5.74) is 0.726. The first-order valence-electron chi connectivity index (χ1n) is 10.0. The van der Waals surface area contributed by atoms with Gasteiger partial charge in [0.15, 0.2) is 11.6 Å². The summed E-state index contributed by atoms with van der Waals surface area (Å²) in [6.45, 7) is 0. The molecule has 0 saturated carbocycles. The van der Waals surface area contributed by atoms with Gasteiger partial charge in [0.1, 0.15) is 11.5 Å². The van der Waals surface area contributed by atoms with E-state index in [-0.39, 0.29) is 28.6 Å². The van der Waals surface area contributed by atoms with E-state index in [2.05, 4.69) is 9.97 Å². The van der Waals surface area contributed by atoms with E-state index in [0.717, 1.165) is 12.1 Å². The number of aromatic nitrogens is 2. The third-order valence-corrected chi connectivity index (χ3v) is 6.11. The number of nitrogens with zero attached hydrogens (tertiary/aromatic N) is 1. The Labute approximate surface area is 179 Å². The van der Waals surface area contributed by atoms with Gasteiger partial charge >= 0.3 is 0 Å². The number of nitrogens with one attached hydrogen (secondary N) is 2. The lowest BCUT2D eigenvalue weighted by molar-refractivity contribution is 0.0657. The second kappa shape index (κ2) is 7.23. The third-order valence-electron chi connectivity index (χ3n) is 6.11. The largest absolute Gasteiger partial charge is 0.387 e. The molecule has 0 spiro atoms. The zero-order valence-electron chi connectivity index (χ0n) is 16.9. The minimum absolute atomic E-state index is 0.0660. The number of halogens is 3. The molecular formula is C23H18F3N3O3. The summed E-state index contributed by atoms with van der Waals surface area (Å²) in [4.78, 5) is 32.7. The van der Waals surface area contributed by atoms with E-state index < -0.39 is 41.1 Å². The predicted octanol–water partition coefficient (Wildman–Crippen LogP) is 4.07. The molecule has 0 saturated heterocycles. The summed E-state index contributed by atoms with van der Waals surface area (Å²) in [6.07, 6.45) is -0.407. The Morgan fingerprint density at radius 3 is 2.50 bits per heavy atom. The van der Waals surface area contributed by atoms with Crippen molar-refractivity contribution in [1.29, 1.82) is 0 Å². The zero-order valence-corrected chi connectivity index (χ0v) is 16.9. The Morgan fingerprint density at radius 2 is 1.75 bits per heavy atom. The van der Waals surface area contributed by atoms with Crippen LogP contribution in [-0.2, 0) is 0 Å². The molecule has 32 heavy (non-hydrogen) atoms. The van der Waals surface area contributed by atoms with Crippen LogP contribution in [0.15, 0.2) is 41.2 Å². The van der Waals surface area contributed by atoms with E-state index in [1.54, 1.807) is 7.05 Å². The van der Waals surface area contributed by atoms with Crippen molar-refractivity contribution >= 4 is 27.6 Å². The van der Waals surface area contributed by atoms with E-state index in [1.165, 1.54) is 29.2 Å². The Bertz CT molecular complexity index is 1460. The topological polar surface area (TPSA) is 89.2 Å². The van der Waals surface area contributed by atoms with Crippen LogP contribution >= 0.6 is 0 Å². The molecule has 0 bridgehead atoms. The van der Waals surface area contributed by atoms with E-state index >= 15 is 0 Å². The molecule has 9 heteroatoms. The number of rotatable bonds is 2. The van der Waals surface area contributed by atoms with Crippen LogP contribution in [0.1, 0.15) is 46.7 Å². The molecule has 2 aromatic heterocycles. The highest BCUT2D eigenvalue weighted by molar-refractivity contribution is 5.98. The molecule has 0 radical (unpaired) electrons. The lowest BCUT2D eigenvalue weighted by atomic mass is 9.85. The summed E-state index contributed by atoms with van der Waals surface area (Å²) in [5, 5.41) is 11.1. The molecule has 6 nitrogen and oxygen atoms in total. The molecule has 1 aliphatic carbocycles. The molecule has 2 heterocycles. The van der Waals surface area contributed by atoms with Crippen molar-refractivity contribution < 1.29 is 23.1 Å². The SMILES string of the molecule is CN(C(=O)c1cc2cc(F)ccc2[nH]1)[C@@H]1CC[C@@H](O)c2[nH]c(=O)c3cc(F)c(F)cc3c21. The van der Waals surface area contributed by atoms with Gasteiger partial charge in [0.25, 0.3) is 11.5 Å². The average Bonchev–Trinajstić information content (AvgIpc) is 3.18. The molecule has 5 rings (SSSR count). The number of carbonyl (C=O) groups is 1. The number of pyridine rings is 1. The summed E-state index contributed by atoms with van der Waals surface area (Å²) < 4.78 is 41.4. The van der Waals surface area contributed by atoms with Crippen molar-refractivity contribution in [1.82, 2.24) is 14.9 Å². The normalized spacial score (nSPS) is 18.2. The van der Waals surface area contributed by atoms with Crippen LogP contribution in [0.25, 0.3) is 21.7 Å². The van der Waals surface area contributed by atoms with Crippen molar-refractivity contribution in [3.8, 4) is 0 Å². The quantitative estimate of drug-likeness (QED) is 0.438. The second-order valence-electron chi connectivity index (χ2n) is 8.03. The zero-order chi connectivity index (χ0) is 22.7. The monoisotopic (exact) mass is 441 g/mol. The van der Waals surface area contributed by atoms with Crippen molar-refractivity contribution in [2.24, 2.45) is 0 Å². The smallest absolute Gasteiger partial charge is 0.270 e. The fourth-order valence-corrected chi connectivity index (χ4v) is 4.52. The summed E-state index contributed by atoms with van der Waals surface area (Å²) in [7, 11) is 1.55. The van der Waals surface area contributed by atoms with Gasteiger partial charge in [0.05, 0.1) is 23.2 Å². The molecular weight excluding hydrogens is 423 g/mol. The summed E-state index contributed by atoms with van der Waals surface area (Å²) >= 11 is 0. The van der Waals surface area contributed by atoms with Gasteiger partial charge < -0.3 is 20.0 Å². The van der Waals surface area contributed by atoms with Gasteiger partial charge in [0.2, 0.25) is 0 Å².